The zero-order valence-corrected chi connectivity index (χ0v) is 16.6. The van der Waals surface area contributed by atoms with Gasteiger partial charge in [0.2, 0.25) is 0 Å². The van der Waals surface area contributed by atoms with E-state index in [2.05, 4.69) is 10.4 Å². The van der Waals surface area contributed by atoms with Crippen LogP contribution in [0.1, 0.15) is 36.3 Å². The minimum atomic E-state index is -1.12. The molecule has 2 aromatic carbocycles. The molecule has 1 unspecified atom stereocenters. The van der Waals surface area contributed by atoms with Crippen LogP contribution in [0.2, 0.25) is 0 Å². The van der Waals surface area contributed by atoms with Gasteiger partial charge in [0, 0.05) is 17.6 Å². The summed E-state index contributed by atoms with van der Waals surface area (Å²) in [5.74, 6) is -1.35. The van der Waals surface area contributed by atoms with Crippen LogP contribution < -0.4 is 10.9 Å². The van der Waals surface area contributed by atoms with Gasteiger partial charge in [-0.25, -0.2) is 9.48 Å². The van der Waals surface area contributed by atoms with E-state index in [4.69, 9.17) is 10.00 Å². The van der Waals surface area contributed by atoms with E-state index in [1.54, 1.807) is 42.5 Å². The summed E-state index contributed by atoms with van der Waals surface area (Å²) in [6.45, 7) is 3.69. The number of hydrogen-bond acceptors (Lipinski definition) is 6. The Morgan fingerprint density at radius 3 is 2.63 bits per heavy atom. The zero-order valence-electron chi connectivity index (χ0n) is 16.6. The highest BCUT2D eigenvalue weighted by Crippen LogP contribution is 2.16. The maximum atomic E-state index is 12.8. The van der Waals surface area contributed by atoms with Gasteiger partial charge in [-0.1, -0.05) is 31.2 Å². The SMILES string of the molecule is CCCn1nc(C(=O)OC(C)C(=O)Nc2cccc(C#N)c2)c2ccccc2c1=O. The van der Waals surface area contributed by atoms with Crippen molar-refractivity contribution in [2.75, 3.05) is 5.32 Å². The summed E-state index contributed by atoms with van der Waals surface area (Å²) in [4.78, 5) is 37.7. The lowest BCUT2D eigenvalue weighted by Gasteiger charge is -2.15. The van der Waals surface area contributed by atoms with Crippen LogP contribution >= 0.6 is 0 Å². The number of fused-ring (bicyclic) bond motifs is 1. The number of aryl methyl sites for hydroxylation is 1. The summed E-state index contributed by atoms with van der Waals surface area (Å²) in [7, 11) is 0. The lowest BCUT2D eigenvalue weighted by molar-refractivity contribution is -0.123. The third kappa shape index (κ3) is 4.36. The van der Waals surface area contributed by atoms with Crippen LogP contribution in [-0.2, 0) is 16.1 Å². The van der Waals surface area contributed by atoms with Gasteiger partial charge in [0.25, 0.3) is 11.5 Å². The van der Waals surface area contributed by atoms with Crippen molar-refractivity contribution in [3.63, 3.8) is 0 Å². The van der Waals surface area contributed by atoms with Crippen molar-refractivity contribution < 1.29 is 14.3 Å². The Balaban J connectivity index is 1.83. The summed E-state index contributed by atoms with van der Waals surface area (Å²) in [5.41, 5.74) is 0.505. The van der Waals surface area contributed by atoms with Crippen LogP contribution in [0, 0.1) is 11.3 Å². The molecule has 0 aliphatic rings. The molecular formula is C22H20N4O4. The Labute approximate surface area is 172 Å². The maximum Gasteiger partial charge on any atom is 0.360 e. The topological polar surface area (TPSA) is 114 Å². The third-order valence-electron chi connectivity index (χ3n) is 4.41. The number of anilines is 1. The molecule has 0 fully saturated rings. The quantitative estimate of drug-likeness (QED) is 0.632. The predicted octanol–water partition coefficient (Wildman–Crippen LogP) is 2.86. The normalized spacial score (nSPS) is 11.5. The molecule has 30 heavy (non-hydrogen) atoms. The molecule has 152 valence electrons. The molecule has 0 radical (unpaired) electrons. The number of aromatic nitrogens is 2. The van der Waals surface area contributed by atoms with Gasteiger partial charge in [0.1, 0.15) is 0 Å². The minimum Gasteiger partial charge on any atom is -0.448 e. The van der Waals surface area contributed by atoms with Crippen molar-refractivity contribution in [3.8, 4) is 6.07 Å². The molecule has 8 nitrogen and oxygen atoms in total. The third-order valence-corrected chi connectivity index (χ3v) is 4.41. The second-order valence-electron chi connectivity index (χ2n) is 6.65. The highest BCUT2D eigenvalue weighted by atomic mass is 16.5. The largest absolute Gasteiger partial charge is 0.448 e. The van der Waals surface area contributed by atoms with Gasteiger partial charge < -0.3 is 10.1 Å². The summed E-state index contributed by atoms with van der Waals surface area (Å²) in [6.07, 6.45) is -0.448. The van der Waals surface area contributed by atoms with E-state index in [1.807, 2.05) is 13.0 Å². The number of hydrogen-bond donors (Lipinski definition) is 1. The molecule has 0 aliphatic heterocycles. The number of benzene rings is 2. The Bertz CT molecular complexity index is 1210. The van der Waals surface area contributed by atoms with Gasteiger partial charge in [-0.05, 0) is 37.6 Å². The molecule has 1 amide bonds. The van der Waals surface area contributed by atoms with Gasteiger partial charge >= 0.3 is 5.97 Å². The van der Waals surface area contributed by atoms with Crippen molar-refractivity contribution in [1.82, 2.24) is 9.78 Å². The molecule has 1 atom stereocenters. The summed E-state index contributed by atoms with van der Waals surface area (Å²) >= 11 is 0. The molecule has 0 saturated carbocycles. The molecule has 0 saturated heterocycles. The number of nitriles is 1. The molecular weight excluding hydrogens is 384 g/mol. The van der Waals surface area contributed by atoms with E-state index in [0.717, 1.165) is 0 Å². The number of esters is 1. The number of amides is 1. The number of nitrogens with one attached hydrogen (secondary N) is 1. The Morgan fingerprint density at radius 1 is 1.20 bits per heavy atom. The average molecular weight is 404 g/mol. The van der Waals surface area contributed by atoms with E-state index in [-0.39, 0.29) is 11.3 Å². The molecule has 1 N–H and O–H groups in total. The van der Waals surface area contributed by atoms with Gasteiger partial charge in [-0.2, -0.15) is 10.4 Å². The second kappa shape index (κ2) is 9.01. The first kappa shape index (κ1) is 20.7. The minimum absolute atomic E-state index is 0.0234. The van der Waals surface area contributed by atoms with E-state index in [1.165, 1.54) is 17.7 Å². The van der Waals surface area contributed by atoms with Crippen LogP contribution in [0.25, 0.3) is 10.8 Å². The summed E-state index contributed by atoms with van der Waals surface area (Å²) in [6, 6.07) is 15.0. The van der Waals surface area contributed by atoms with Crippen LogP contribution in [0.4, 0.5) is 5.69 Å². The van der Waals surface area contributed by atoms with Gasteiger partial charge in [0.15, 0.2) is 11.8 Å². The van der Waals surface area contributed by atoms with E-state index < -0.39 is 18.0 Å². The Morgan fingerprint density at radius 2 is 1.93 bits per heavy atom. The smallest absolute Gasteiger partial charge is 0.360 e. The fourth-order valence-corrected chi connectivity index (χ4v) is 2.93. The highest BCUT2D eigenvalue weighted by Gasteiger charge is 2.23. The first-order valence-corrected chi connectivity index (χ1v) is 9.46. The molecule has 0 spiro atoms. The van der Waals surface area contributed by atoms with Crippen molar-refractivity contribution in [2.24, 2.45) is 0 Å². The highest BCUT2D eigenvalue weighted by molar-refractivity contribution is 6.03. The molecule has 1 heterocycles. The Kier molecular flexibility index (Phi) is 6.23. The van der Waals surface area contributed by atoms with Crippen LogP contribution in [0.5, 0.6) is 0 Å². The van der Waals surface area contributed by atoms with Gasteiger partial charge in [0.05, 0.1) is 17.0 Å². The van der Waals surface area contributed by atoms with Gasteiger partial charge in [-0.15, -0.1) is 0 Å². The first-order chi connectivity index (χ1) is 14.4. The maximum absolute atomic E-state index is 12.8. The molecule has 1 aromatic heterocycles. The molecule has 8 heteroatoms. The molecule has 3 aromatic rings. The number of nitrogens with zero attached hydrogens (tertiary/aromatic N) is 3. The standard InChI is InChI=1S/C22H20N4O4/c1-3-11-26-21(28)18-10-5-4-9-17(18)19(25-26)22(29)30-14(2)20(27)24-16-8-6-7-15(12-16)13-23/h4-10,12,14H,3,11H2,1-2H3,(H,24,27). The molecule has 0 bridgehead atoms. The molecule has 3 rings (SSSR count). The Hall–Kier alpha value is -3.99. The zero-order chi connectivity index (χ0) is 21.7. The number of ether oxygens (including phenoxy) is 1. The monoisotopic (exact) mass is 404 g/mol. The van der Waals surface area contributed by atoms with Gasteiger partial charge in [-0.3, -0.25) is 9.59 Å². The van der Waals surface area contributed by atoms with E-state index >= 15 is 0 Å². The summed E-state index contributed by atoms with van der Waals surface area (Å²) < 4.78 is 6.55. The fourth-order valence-electron chi connectivity index (χ4n) is 2.93. The number of carbonyl (C=O) groups excluding carboxylic acids is 2. The lowest BCUT2D eigenvalue weighted by atomic mass is 10.1. The fraction of sp³-hybridized carbons (Fsp3) is 0.227. The van der Waals surface area contributed by atoms with Crippen LogP contribution in [0.15, 0.2) is 53.3 Å². The second-order valence-corrected chi connectivity index (χ2v) is 6.65. The predicted molar refractivity (Wildman–Crippen MR) is 111 cm³/mol. The van der Waals surface area contributed by atoms with Crippen LogP contribution in [-0.4, -0.2) is 27.8 Å². The van der Waals surface area contributed by atoms with Crippen LogP contribution in [0.3, 0.4) is 0 Å². The lowest BCUT2D eigenvalue weighted by Crippen LogP contribution is -2.32. The van der Waals surface area contributed by atoms with Crippen molar-refractivity contribution in [1.29, 1.82) is 5.26 Å². The first-order valence-electron chi connectivity index (χ1n) is 9.46. The van der Waals surface area contributed by atoms with Crippen molar-refractivity contribution >= 4 is 28.3 Å². The average Bonchev–Trinajstić information content (AvgIpc) is 2.75. The summed E-state index contributed by atoms with van der Waals surface area (Å²) in [5, 5.41) is 16.5. The van der Waals surface area contributed by atoms with Crippen molar-refractivity contribution in [3.05, 3.63) is 70.1 Å². The van der Waals surface area contributed by atoms with E-state index in [9.17, 15) is 14.4 Å². The van der Waals surface area contributed by atoms with Crippen molar-refractivity contribution in [2.45, 2.75) is 32.9 Å². The number of carbonyl (C=O) groups is 2. The van der Waals surface area contributed by atoms with E-state index in [0.29, 0.717) is 35.0 Å². The number of rotatable bonds is 6. The molecule has 0 aliphatic carbocycles.